The van der Waals surface area contributed by atoms with Crippen molar-refractivity contribution >= 4 is 11.6 Å². The molecule has 6 heteroatoms. The van der Waals surface area contributed by atoms with E-state index in [1.54, 1.807) is 6.92 Å². The fourth-order valence-corrected chi connectivity index (χ4v) is 1.91. The Balaban J connectivity index is 1.90. The molecule has 0 spiro atoms. The van der Waals surface area contributed by atoms with Crippen LogP contribution in [-0.4, -0.2) is 29.1 Å². The van der Waals surface area contributed by atoms with Crippen molar-refractivity contribution in [2.75, 3.05) is 18.4 Å². The Bertz CT molecular complexity index is 595. The smallest absolute Gasteiger partial charge is 0.253 e. The third-order valence-corrected chi connectivity index (χ3v) is 2.93. The molecule has 0 aliphatic rings. The topological polar surface area (TPSA) is 80.0 Å². The molecule has 0 saturated carbocycles. The summed E-state index contributed by atoms with van der Waals surface area (Å²) in [5.74, 6) is 1.03. The summed E-state index contributed by atoms with van der Waals surface area (Å²) in [4.78, 5) is 16.3. The fourth-order valence-electron chi connectivity index (χ4n) is 1.91. The summed E-state index contributed by atoms with van der Waals surface area (Å²) in [6.07, 6.45) is 1.53. The van der Waals surface area contributed by atoms with Crippen LogP contribution < -0.4 is 10.6 Å². The van der Waals surface area contributed by atoms with Crippen LogP contribution >= 0.6 is 0 Å². The largest absolute Gasteiger partial charge is 0.384 e. The van der Waals surface area contributed by atoms with Gasteiger partial charge in [-0.05, 0) is 25.5 Å². The Labute approximate surface area is 123 Å². The highest BCUT2D eigenvalue weighted by Gasteiger charge is 2.10. The van der Waals surface area contributed by atoms with Crippen molar-refractivity contribution in [2.45, 2.75) is 26.7 Å². The van der Waals surface area contributed by atoms with Crippen molar-refractivity contribution in [3.8, 4) is 0 Å². The average molecular weight is 288 g/mol. The van der Waals surface area contributed by atoms with Gasteiger partial charge in [0.05, 0.1) is 5.56 Å². The number of benzene rings is 1. The van der Waals surface area contributed by atoms with E-state index in [0.29, 0.717) is 30.2 Å². The minimum Gasteiger partial charge on any atom is -0.384 e. The van der Waals surface area contributed by atoms with Gasteiger partial charge in [0.15, 0.2) is 5.82 Å². The van der Waals surface area contributed by atoms with Crippen molar-refractivity contribution in [3.05, 3.63) is 41.5 Å². The predicted octanol–water partition coefficient (Wildman–Crippen LogP) is 2.17. The Kier molecular flexibility index (Phi) is 5.31. The number of carbonyl (C=O) groups excluding carboxylic acids is 1. The van der Waals surface area contributed by atoms with E-state index in [0.717, 1.165) is 18.7 Å². The predicted molar refractivity (Wildman–Crippen MR) is 80.3 cm³/mol. The Morgan fingerprint density at radius 3 is 2.81 bits per heavy atom. The van der Waals surface area contributed by atoms with E-state index in [1.807, 2.05) is 24.3 Å². The number of rotatable bonds is 7. The molecule has 1 aromatic carbocycles. The number of para-hydroxylation sites is 1. The van der Waals surface area contributed by atoms with E-state index in [4.69, 9.17) is 4.52 Å². The van der Waals surface area contributed by atoms with E-state index in [1.165, 1.54) is 0 Å². The zero-order chi connectivity index (χ0) is 15.1. The zero-order valence-electron chi connectivity index (χ0n) is 12.3. The summed E-state index contributed by atoms with van der Waals surface area (Å²) in [6.45, 7) is 5.15. The summed E-state index contributed by atoms with van der Waals surface area (Å²) < 4.78 is 5.00. The molecule has 2 rings (SSSR count). The van der Waals surface area contributed by atoms with Crippen LogP contribution in [0.15, 0.2) is 28.8 Å². The third kappa shape index (κ3) is 4.30. The Morgan fingerprint density at radius 1 is 1.29 bits per heavy atom. The molecule has 6 nitrogen and oxygen atoms in total. The summed E-state index contributed by atoms with van der Waals surface area (Å²) >= 11 is 0. The maximum atomic E-state index is 12.2. The molecule has 112 valence electrons. The number of nitrogens with one attached hydrogen (secondary N) is 2. The first-order valence-electron chi connectivity index (χ1n) is 7.11. The second-order valence-electron chi connectivity index (χ2n) is 4.71. The molecule has 2 aromatic rings. The molecule has 1 amide bonds. The molecule has 1 aromatic heterocycles. The van der Waals surface area contributed by atoms with Crippen molar-refractivity contribution in [3.63, 3.8) is 0 Å². The van der Waals surface area contributed by atoms with Crippen LogP contribution in [-0.2, 0) is 6.42 Å². The first-order chi connectivity index (χ1) is 10.2. The highest BCUT2D eigenvalue weighted by atomic mass is 16.5. The molecule has 0 saturated heterocycles. The fraction of sp³-hybridized carbons (Fsp3) is 0.400. The van der Waals surface area contributed by atoms with Gasteiger partial charge in [-0.25, -0.2) is 0 Å². The second kappa shape index (κ2) is 7.42. The molecular formula is C15H20N4O2. The molecule has 0 unspecified atom stereocenters. The minimum absolute atomic E-state index is 0.106. The van der Waals surface area contributed by atoms with Crippen LogP contribution in [0.1, 0.15) is 35.4 Å². The number of carbonyl (C=O) groups is 1. The SMILES string of the molecule is CCCNc1ccccc1C(=O)NCCc1nc(C)no1. The number of aryl methyl sites for hydroxylation is 1. The lowest BCUT2D eigenvalue weighted by molar-refractivity contribution is 0.0954. The maximum absolute atomic E-state index is 12.2. The number of aromatic nitrogens is 2. The average Bonchev–Trinajstić information content (AvgIpc) is 2.91. The van der Waals surface area contributed by atoms with E-state index in [-0.39, 0.29) is 5.91 Å². The molecule has 0 bridgehead atoms. The highest BCUT2D eigenvalue weighted by Crippen LogP contribution is 2.14. The molecule has 0 aliphatic carbocycles. The zero-order valence-corrected chi connectivity index (χ0v) is 12.3. The normalized spacial score (nSPS) is 10.4. The van der Waals surface area contributed by atoms with Gasteiger partial charge in [0.2, 0.25) is 5.89 Å². The van der Waals surface area contributed by atoms with Crippen LogP contribution in [0.5, 0.6) is 0 Å². The van der Waals surface area contributed by atoms with Crippen LogP contribution in [0.4, 0.5) is 5.69 Å². The van der Waals surface area contributed by atoms with Gasteiger partial charge in [0, 0.05) is 25.2 Å². The number of nitrogens with zero attached hydrogens (tertiary/aromatic N) is 2. The molecule has 1 heterocycles. The first kappa shape index (κ1) is 15.0. The summed E-state index contributed by atoms with van der Waals surface area (Å²) in [5, 5.41) is 9.83. The van der Waals surface area contributed by atoms with Gasteiger partial charge in [0.25, 0.3) is 5.91 Å². The van der Waals surface area contributed by atoms with Crippen LogP contribution in [0.2, 0.25) is 0 Å². The van der Waals surface area contributed by atoms with Crippen molar-refractivity contribution in [2.24, 2.45) is 0 Å². The van der Waals surface area contributed by atoms with Gasteiger partial charge in [0.1, 0.15) is 0 Å². The Hall–Kier alpha value is -2.37. The molecule has 0 atom stereocenters. The third-order valence-electron chi connectivity index (χ3n) is 2.93. The van der Waals surface area contributed by atoms with E-state index in [9.17, 15) is 4.79 Å². The van der Waals surface area contributed by atoms with Gasteiger partial charge in [-0.2, -0.15) is 4.98 Å². The molecular weight excluding hydrogens is 268 g/mol. The lowest BCUT2D eigenvalue weighted by atomic mass is 10.1. The second-order valence-corrected chi connectivity index (χ2v) is 4.71. The Morgan fingerprint density at radius 2 is 2.10 bits per heavy atom. The standard InChI is InChI=1S/C15H20N4O2/c1-3-9-16-13-7-5-4-6-12(13)15(20)17-10-8-14-18-11(2)19-21-14/h4-7,16H,3,8-10H2,1-2H3,(H,17,20). The lowest BCUT2D eigenvalue weighted by Crippen LogP contribution is -2.26. The monoisotopic (exact) mass is 288 g/mol. The first-order valence-corrected chi connectivity index (χ1v) is 7.11. The number of hydrogen-bond donors (Lipinski definition) is 2. The molecule has 0 fully saturated rings. The number of anilines is 1. The van der Waals surface area contributed by atoms with E-state index in [2.05, 4.69) is 27.7 Å². The van der Waals surface area contributed by atoms with E-state index >= 15 is 0 Å². The molecule has 21 heavy (non-hydrogen) atoms. The summed E-state index contributed by atoms with van der Waals surface area (Å²) in [7, 11) is 0. The molecule has 0 aliphatic heterocycles. The van der Waals surface area contributed by atoms with Crippen molar-refractivity contribution in [1.29, 1.82) is 0 Å². The molecule has 2 N–H and O–H groups in total. The van der Waals surface area contributed by atoms with Crippen LogP contribution in [0.25, 0.3) is 0 Å². The highest BCUT2D eigenvalue weighted by molar-refractivity contribution is 5.99. The number of hydrogen-bond acceptors (Lipinski definition) is 5. The van der Waals surface area contributed by atoms with E-state index < -0.39 is 0 Å². The molecule has 0 radical (unpaired) electrons. The van der Waals surface area contributed by atoms with Crippen molar-refractivity contribution < 1.29 is 9.32 Å². The summed E-state index contributed by atoms with van der Waals surface area (Å²) in [5.41, 5.74) is 1.50. The lowest BCUT2D eigenvalue weighted by Gasteiger charge is -2.11. The quantitative estimate of drug-likeness (QED) is 0.816. The number of amides is 1. The van der Waals surface area contributed by atoms with Crippen molar-refractivity contribution in [1.82, 2.24) is 15.5 Å². The maximum Gasteiger partial charge on any atom is 0.253 e. The van der Waals surface area contributed by atoms with Crippen LogP contribution in [0.3, 0.4) is 0 Å². The van der Waals surface area contributed by atoms with Crippen LogP contribution in [0, 0.1) is 6.92 Å². The van der Waals surface area contributed by atoms with Gasteiger partial charge in [-0.1, -0.05) is 24.2 Å². The van der Waals surface area contributed by atoms with Gasteiger partial charge in [-0.15, -0.1) is 0 Å². The summed E-state index contributed by atoms with van der Waals surface area (Å²) in [6, 6.07) is 7.49. The minimum atomic E-state index is -0.106. The van der Waals surface area contributed by atoms with Gasteiger partial charge < -0.3 is 15.2 Å². The van der Waals surface area contributed by atoms with Gasteiger partial charge >= 0.3 is 0 Å². The van der Waals surface area contributed by atoms with Gasteiger partial charge in [-0.3, -0.25) is 4.79 Å².